The van der Waals surface area contributed by atoms with E-state index in [1.807, 2.05) is 41.3 Å². The van der Waals surface area contributed by atoms with Gasteiger partial charge in [0, 0.05) is 18.8 Å². The molecule has 0 aliphatic heterocycles. The van der Waals surface area contributed by atoms with Crippen molar-refractivity contribution in [3.05, 3.63) is 45.8 Å². The Morgan fingerprint density at radius 1 is 1.53 bits per heavy atom. The van der Waals surface area contributed by atoms with Crippen LogP contribution in [0.25, 0.3) is 0 Å². The van der Waals surface area contributed by atoms with Crippen molar-refractivity contribution < 1.29 is 4.79 Å². The molecule has 1 aromatic carbocycles. The predicted octanol–water partition coefficient (Wildman–Crippen LogP) is 2.49. The first-order valence-electron chi connectivity index (χ1n) is 5.18. The molecule has 0 saturated carbocycles. The van der Waals surface area contributed by atoms with Gasteiger partial charge in [0.2, 0.25) is 5.91 Å². The summed E-state index contributed by atoms with van der Waals surface area (Å²) in [6, 6.07) is 7.77. The van der Waals surface area contributed by atoms with Gasteiger partial charge in [0.1, 0.15) is 0 Å². The number of rotatable bonds is 3. The first kappa shape index (κ1) is 12.1. The number of anilines is 1. The SMILES string of the molecule is CC(=O)Nc1cccc(Cn2cc(I)cn2)c1. The number of aromatic nitrogens is 2. The molecule has 1 aromatic heterocycles. The largest absolute Gasteiger partial charge is 0.326 e. The monoisotopic (exact) mass is 341 g/mol. The Hall–Kier alpha value is -1.37. The zero-order valence-electron chi connectivity index (χ0n) is 9.35. The minimum Gasteiger partial charge on any atom is -0.326 e. The third kappa shape index (κ3) is 3.55. The molecule has 17 heavy (non-hydrogen) atoms. The van der Waals surface area contributed by atoms with Crippen molar-refractivity contribution >= 4 is 34.2 Å². The zero-order valence-corrected chi connectivity index (χ0v) is 11.5. The Bertz CT molecular complexity index is 536. The van der Waals surface area contributed by atoms with E-state index in [1.165, 1.54) is 6.92 Å². The Morgan fingerprint density at radius 2 is 2.35 bits per heavy atom. The average molecular weight is 341 g/mol. The van der Waals surface area contributed by atoms with Crippen LogP contribution in [0.5, 0.6) is 0 Å². The maximum Gasteiger partial charge on any atom is 0.221 e. The summed E-state index contributed by atoms with van der Waals surface area (Å²) in [5.41, 5.74) is 1.92. The van der Waals surface area contributed by atoms with E-state index in [2.05, 4.69) is 33.0 Å². The van der Waals surface area contributed by atoms with Crippen LogP contribution < -0.4 is 5.32 Å². The van der Waals surface area contributed by atoms with E-state index in [0.717, 1.165) is 14.8 Å². The molecule has 0 radical (unpaired) electrons. The smallest absolute Gasteiger partial charge is 0.221 e. The van der Waals surface area contributed by atoms with Gasteiger partial charge in [-0.25, -0.2) is 0 Å². The molecule has 0 atom stereocenters. The Balaban J connectivity index is 2.13. The molecule has 0 aliphatic carbocycles. The molecule has 0 spiro atoms. The number of hydrogen-bond acceptors (Lipinski definition) is 2. The van der Waals surface area contributed by atoms with Crippen LogP contribution in [0, 0.1) is 3.57 Å². The van der Waals surface area contributed by atoms with Crippen molar-refractivity contribution in [3.8, 4) is 0 Å². The van der Waals surface area contributed by atoms with E-state index >= 15 is 0 Å². The van der Waals surface area contributed by atoms with Gasteiger partial charge in [-0.3, -0.25) is 9.48 Å². The fourth-order valence-electron chi connectivity index (χ4n) is 1.56. The van der Waals surface area contributed by atoms with E-state index in [1.54, 1.807) is 0 Å². The fourth-order valence-corrected chi connectivity index (χ4v) is 2.01. The molecule has 0 bridgehead atoms. The summed E-state index contributed by atoms with van der Waals surface area (Å²) in [7, 11) is 0. The maximum atomic E-state index is 11.0. The van der Waals surface area contributed by atoms with Gasteiger partial charge in [0.05, 0.1) is 16.3 Å². The summed E-state index contributed by atoms with van der Waals surface area (Å²) in [6.07, 6.45) is 3.80. The lowest BCUT2D eigenvalue weighted by Gasteiger charge is -2.05. The summed E-state index contributed by atoms with van der Waals surface area (Å²) in [6.45, 7) is 2.21. The van der Waals surface area contributed by atoms with E-state index in [4.69, 9.17) is 0 Å². The topological polar surface area (TPSA) is 46.9 Å². The molecule has 0 saturated heterocycles. The standard InChI is InChI=1S/C12H12IN3O/c1-9(17)15-12-4-2-3-10(5-12)7-16-8-11(13)6-14-16/h2-6,8H,7H2,1H3,(H,15,17). The molecule has 2 rings (SSSR count). The predicted molar refractivity (Wildman–Crippen MR) is 74.8 cm³/mol. The number of hydrogen-bond donors (Lipinski definition) is 1. The highest BCUT2D eigenvalue weighted by atomic mass is 127. The molecule has 1 heterocycles. The third-order valence-corrected chi connectivity index (χ3v) is 2.75. The number of nitrogens with one attached hydrogen (secondary N) is 1. The summed E-state index contributed by atoms with van der Waals surface area (Å²) >= 11 is 2.23. The highest BCUT2D eigenvalue weighted by Gasteiger charge is 2.00. The second kappa shape index (κ2) is 5.31. The summed E-state index contributed by atoms with van der Waals surface area (Å²) in [5.74, 6) is -0.0595. The second-order valence-electron chi connectivity index (χ2n) is 3.74. The molecule has 5 heteroatoms. The second-order valence-corrected chi connectivity index (χ2v) is 4.98. The van der Waals surface area contributed by atoms with E-state index < -0.39 is 0 Å². The summed E-state index contributed by atoms with van der Waals surface area (Å²) in [5, 5.41) is 6.99. The van der Waals surface area contributed by atoms with E-state index in [0.29, 0.717) is 6.54 Å². The van der Waals surface area contributed by atoms with Gasteiger partial charge in [0.25, 0.3) is 0 Å². The van der Waals surface area contributed by atoms with E-state index in [9.17, 15) is 4.79 Å². The van der Waals surface area contributed by atoms with Gasteiger partial charge >= 0.3 is 0 Å². The molecular formula is C12H12IN3O. The van der Waals surface area contributed by atoms with Crippen LogP contribution in [0.15, 0.2) is 36.7 Å². The molecule has 2 aromatic rings. The highest BCUT2D eigenvalue weighted by molar-refractivity contribution is 14.1. The number of halogens is 1. The molecule has 1 N–H and O–H groups in total. The number of carbonyl (C=O) groups excluding carboxylic acids is 1. The van der Waals surface area contributed by atoms with Crippen LogP contribution in [-0.4, -0.2) is 15.7 Å². The average Bonchev–Trinajstić information content (AvgIpc) is 2.63. The van der Waals surface area contributed by atoms with Crippen LogP contribution in [0.4, 0.5) is 5.69 Å². The van der Waals surface area contributed by atoms with Gasteiger partial charge in [-0.2, -0.15) is 5.10 Å². The van der Waals surface area contributed by atoms with Crippen molar-refractivity contribution in [2.75, 3.05) is 5.32 Å². The van der Waals surface area contributed by atoms with Gasteiger partial charge in [0.15, 0.2) is 0 Å². The molecule has 1 amide bonds. The summed E-state index contributed by atoms with van der Waals surface area (Å²) < 4.78 is 2.98. The van der Waals surface area contributed by atoms with Crippen molar-refractivity contribution in [3.63, 3.8) is 0 Å². The van der Waals surface area contributed by atoms with Gasteiger partial charge in [-0.15, -0.1) is 0 Å². The van der Waals surface area contributed by atoms with Crippen LogP contribution in [0.3, 0.4) is 0 Å². The van der Waals surface area contributed by atoms with Crippen molar-refractivity contribution in [2.45, 2.75) is 13.5 Å². The van der Waals surface area contributed by atoms with Gasteiger partial charge < -0.3 is 5.32 Å². The zero-order chi connectivity index (χ0) is 12.3. The van der Waals surface area contributed by atoms with Crippen LogP contribution in [0.2, 0.25) is 0 Å². The quantitative estimate of drug-likeness (QED) is 0.872. The van der Waals surface area contributed by atoms with E-state index in [-0.39, 0.29) is 5.91 Å². The van der Waals surface area contributed by atoms with Crippen molar-refractivity contribution in [2.24, 2.45) is 0 Å². The maximum absolute atomic E-state index is 11.0. The molecule has 4 nitrogen and oxygen atoms in total. The van der Waals surface area contributed by atoms with Crippen LogP contribution in [0.1, 0.15) is 12.5 Å². The Labute approximate surface area is 113 Å². The van der Waals surface area contributed by atoms with Crippen LogP contribution >= 0.6 is 22.6 Å². The van der Waals surface area contributed by atoms with Gasteiger partial charge in [-0.05, 0) is 40.3 Å². The number of nitrogens with zero attached hydrogens (tertiary/aromatic N) is 2. The lowest BCUT2D eigenvalue weighted by molar-refractivity contribution is -0.114. The van der Waals surface area contributed by atoms with Crippen LogP contribution in [-0.2, 0) is 11.3 Å². The minimum absolute atomic E-state index is 0.0595. The van der Waals surface area contributed by atoms with Gasteiger partial charge in [-0.1, -0.05) is 12.1 Å². The Morgan fingerprint density at radius 3 is 3.00 bits per heavy atom. The molecule has 0 fully saturated rings. The molecular weight excluding hydrogens is 329 g/mol. The molecule has 0 unspecified atom stereocenters. The first-order chi connectivity index (χ1) is 8.13. The third-order valence-electron chi connectivity index (χ3n) is 2.19. The minimum atomic E-state index is -0.0595. The molecule has 0 aliphatic rings. The Kier molecular flexibility index (Phi) is 3.78. The number of benzene rings is 1. The number of amides is 1. The first-order valence-corrected chi connectivity index (χ1v) is 6.26. The lowest BCUT2D eigenvalue weighted by Crippen LogP contribution is -2.06. The molecule has 88 valence electrons. The highest BCUT2D eigenvalue weighted by Crippen LogP contribution is 2.12. The number of carbonyl (C=O) groups is 1. The fraction of sp³-hybridized carbons (Fsp3) is 0.167. The van der Waals surface area contributed by atoms with Crippen molar-refractivity contribution in [1.29, 1.82) is 0 Å². The summed E-state index contributed by atoms with van der Waals surface area (Å²) in [4.78, 5) is 11.0. The van der Waals surface area contributed by atoms with Crippen molar-refractivity contribution in [1.82, 2.24) is 9.78 Å². The lowest BCUT2D eigenvalue weighted by atomic mass is 10.2. The normalized spacial score (nSPS) is 10.2.